The van der Waals surface area contributed by atoms with Crippen molar-refractivity contribution in [2.75, 3.05) is 19.8 Å². The molecule has 1 atom stereocenters. The van der Waals surface area contributed by atoms with Crippen molar-refractivity contribution in [2.24, 2.45) is 11.1 Å². The van der Waals surface area contributed by atoms with E-state index in [2.05, 4.69) is 0 Å². The van der Waals surface area contributed by atoms with Gasteiger partial charge < -0.3 is 15.6 Å². The number of hydrogen-bond acceptors (Lipinski definition) is 3. The zero-order valence-corrected chi connectivity index (χ0v) is 11.4. The topological polar surface area (TPSA) is 55.5 Å². The van der Waals surface area contributed by atoms with Crippen molar-refractivity contribution in [2.45, 2.75) is 31.8 Å². The van der Waals surface area contributed by atoms with Crippen LogP contribution in [0.2, 0.25) is 0 Å². The fourth-order valence-corrected chi connectivity index (χ4v) is 2.91. The van der Waals surface area contributed by atoms with Crippen LogP contribution in [0.3, 0.4) is 0 Å². The molecule has 0 bridgehead atoms. The molecule has 0 aliphatic carbocycles. The van der Waals surface area contributed by atoms with E-state index in [9.17, 15) is 9.50 Å². The molecule has 1 aliphatic rings. The lowest BCUT2D eigenvalue weighted by atomic mass is 9.65. The Kier molecular flexibility index (Phi) is 4.23. The highest BCUT2D eigenvalue weighted by molar-refractivity contribution is 5.19. The van der Waals surface area contributed by atoms with E-state index in [-0.39, 0.29) is 11.2 Å². The van der Waals surface area contributed by atoms with E-state index in [1.807, 2.05) is 6.92 Å². The van der Waals surface area contributed by atoms with Gasteiger partial charge in [0.1, 0.15) is 5.82 Å². The maximum atomic E-state index is 12.9. The maximum Gasteiger partial charge on any atom is 0.123 e. The average Bonchev–Trinajstić information content (AvgIpc) is 2.42. The zero-order chi connectivity index (χ0) is 13.9. The summed E-state index contributed by atoms with van der Waals surface area (Å²) in [6.45, 7) is 3.53. The fraction of sp³-hybridized carbons (Fsp3) is 0.600. The molecule has 1 fully saturated rings. The third kappa shape index (κ3) is 2.96. The van der Waals surface area contributed by atoms with Gasteiger partial charge in [0.05, 0.1) is 5.60 Å². The molecule has 106 valence electrons. The van der Waals surface area contributed by atoms with Crippen LogP contribution in [0.1, 0.15) is 25.3 Å². The molecule has 0 spiro atoms. The van der Waals surface area contributed by atoms with E-state index < -0.39 is 5.60 Å². The van der Waals surface area contributed by atoms with Gasteiger partial charge in [-0.15, -0.1) is 0 Å². The molecule has 19 heavy (non-hydrogen) atoms. The van der Waals surface area contributed by atoms with Crippen molar-refractivity contribution in [1.29, 1.82) is 0 Å². The van der Waals surface area contributed by atoms with Gasteiger partial charge in [-0.25, -0.2) is 4.39 Å². The van der Waals surface area contributed by atoms with Crippen LogP contribution in [0.15, 0.2) is 24.3 Å². The van der Waals surface area contributed by atoms with Gasteiger partial charge in [0.25, 0.3) is 0 Å². The molecule has 0 amide bonds. The first-order chi connectivity index (χ1) is 8.99. The van der Waals surface area contributed by atoms with Crippen molar-refractivity contribution in [1.82, 2.24) is 0 Å². The lowest BCUT2D eigenvalue weighted by Crippen LogP contribution is -2.54. The summed E-state index contributed by atoms with van der Waals surface area (Å²) >= 11 is 0. The van der Waals surface area contributed by atoms with Gasteiger partial charge in [-0.3, -0.25) is 0 Å². The van der Waals surface area contributed by atoms with Gasteiger partial charge in [-0.1, -0.05) is 12.1 Å². The Morgan fingerprint density at radius 2 is 1.89 bits per heavy atom. The van der Waals surface area contributed by atoms with Gasteiger partial charge in [0.15, 0.2) is 0 Å². The predicted octanol–water partition coefficient (Wildman–Crippen LogP) is 1.87. The van der Waals surface area contributed by atoms with Crippen LogP contribution in [0.4, 0.5) is 4.39 Å². The fourth-order valence-electron chi connectivity index (χ4n) is 2.91. The maximum absolute atomic E-state index is 12.9. The van der Waals surface area contributed by atoms with E-state index in [0.717, 1.165) is 18.4 Å². The first kappa shape index (κ1) is 14.4. The number of rotatable bonds is 4. The first-order valence-corrected chi connectivity index (χ1v) is 6.74. The number of nitrogens with two attached hydrogens (primary N) is 1. The van der Waals surface area contributed by atoms with E-state index >= 15 is 0 Å². The zero-order valence-electron chi connectivity index (χ0n) is 11.4. The van der Waals surface area contributed by atoms with Gasteiger partial charge in [0, 0.05) is 31.6 Å². The minimum absolute atomic E-state index is 0.261. The second-order valence-electron chi connectivity index (χ2n) is 5.67. The van der Waals surface area contributed by atoms with Crippen molar-refractivity contribution in [3.63, 3.8) is 0 Å². The number of hydrogen-bond donors (Lipinski definition) is 2. The molecule has 1 saturated heterocycles. The molecular formula is C15H22FNO2. The molecule has 4 heteroatoms. The van der Waals surface area contributed by atoms with Crippen molar-refractivity contribution in [3.05, 3.63) is 35.6 Å². The molecule has 0 saturated carbocycles. The summed E-state index contributed by atoms with van der Waals surface area (Å²) in [7, 11) is 0. The highest BCUT2D eigenvalue weighted by Crippen LogP contribution is 2.41. The molecular weight excluding hydrogens is 245 g/mol. The quantitative estimate of drug-likeness (QED) is 0.875. The molecule has 1 aliphatic heterocycles. The Hall–Kier alpha value is -0.970. The standard InChI is InChI=1S/C15H22FNO2/c1-14(18,10-12-2-4-13(16)5-3-12)15(11-17)6-8-19-9-7-15/h2-5,18H,6-11,17H2,1H3. The third-order valence-electron chi connectivity index (χ3n) is 4.44. The van der Waals surface area contributed by atoms with E-state index in [0.29, 0.717) is 26.2 Å². The minimum Gasteiger partial charge on any atom is -0.389 e. The van der Waals surface area contributed by atoms with Gasteiger partial charge >= 0.3 is 0 Å². The highest BCUT2D eigenvalue weighted by Gasteiger charge is 2.46. The number of halogens is 1. The average molecular weight is 267 g/mol. The van der Waals surface area contributed by atoms with Crippen molar-refractivity contribution in [3.8, 4) is 0 Å². The molecule has 0 radical (unpaired) electrons. The lowest BCUT2D eigenvalue weighted by Gasteiger charge is -2.47. The second-order valence-corrected chi connectivity index (χ2v) is 5.67. The van der Waals surface area contributed by atoms with Gasteiger partial charge in [-0.05, 0) is 37.5 Å². The molecule has 1 aromatic rings. The largest absolute Gasteiger partial charge is 0.389 e. The monoisotopic (exact) mass is 267 g/mol. The Labute approximate surface area is 113 Å². The molecule has 3 N–H and O–H groups in total. The molecule has 3 nitrogen and oxygen atoms in total. The van der Waals surface area contributed by atoms with E-state index in [4.69, 9.17) is 10.5 Å². The molecule has 1 heterocycles. The summed E-state index contributed by atoms with van der Waals surface area (Å²) in [5.41, 5.74) is 5.62. The van der Waals surface area contributed by atoms with E-state index in [1.54, 1.807) is 12.1 Å². The van der Waals surface area contributed by atoms with Gasteiger partial charge in [0.2, 0.25) is 0 Å². The van der Waals surface area contributed by atoms with Crippen LogP contribution in [0.5, 0.6) is 0 Å². The molecule has 0 aromatic heterocycles. The van der Waals surface area contributed by atoms with Crippen LogP contribution in [0.25, 0.3) is 0 Å². The summed E-state index contributed by atoms with van der Waals surface area (Å²) in [5.74, 6) is -0.261. The molecule has 1 unspecified atom stereocenters. The summed E-state index contributed by atoms with van der Waals surface area (Å²) in [6, 6.07) is 6.27. The first-order valence-electron chi connectivity index (χ1n) is 6.74. The van der Waals surface area contributed by atoms with Crippen LogP contribution in [-0.2, 0) is 11.2 Å². The Morgan fingerprint density at radius 1 is 1.32 bits per heavy atom. The Balaban J connectivity index is 2.17. The van der Waals surface area contributed by atoms with Crippen LogP contribution >= 0.6 is 0 Å². The smallest absolute Gasteiger partial charge is 0.123 e. The van der Waals surface area contributed by atoms with E-state index in [1.165, 1.54) is 12.1 Å². The number of benzene rings is 1. The summed E-state index contributed by atoms with van der Waals surface area (Å²) in [5, 5.41) is 10.9. The normalized spacial score (nSPS) is 21.9. The lowest BCUT2D eigenvalue weighted by molar-refractivity contribution is -0.117. The summed E-state index contributed by atoms with van der Waals surface area (Å²) in [4.78, 5) is 0. The van der Waals surface area contributed by atoms with Crippen LogP contribution in [-0.4, -0.2) is 30.5 Å². The predicted molar refractivity (Wildman–Crippen MR) is 72.3 cm³/mol. The molecule has 1 aromatic carbocycles. The number of ether oxygens (including phenoxy) is 1. The Morgan fingerprint density at radius 3 is 2.42 bits per heavy atom. The second kappa shape index (κ2) is 5.57. The van der Waals surface area contributed by atoms with Crippen molar-refractivity contribution >= 4 is 0 Å². The number of aliphatic hydroxyl groups is 1. The van der Waals surface area contributed by atoms with Gasteiger partial charge in [-0.2, -0.15) is 0 Å². The molecule has 2 rings (SSSR count). The summed E-state index contributed by atoms with van der Waals surface area (Å²) in [6.07, 6.45) is 2.00. The highest BCUT2D eigenvalue weighted by atomic mass is 19.1. The Bertz CT molecular complexity index is 411. The van der Waals surface area contributed by atoms with Crippen LogP contribution in [0, 0.1) is 11.2 Å². The summed E-state index contributed by atoms with van der Waals surface area (Å²) < 4.78 is 18.3. The minimum atomic E-state index is -0.913. The SMILES string of the molecule is CC(O)(Cc1ccc(F)cc1)C1(CN)CCOCC1. The third-order valence-corrected chi connectivity index (χ3v) is 4.44. The van der Waals surface area contributed by atoms with Crippen LogP contribution < -0.4 is 5.73 Å². The van der Waals surface area contributed by atoms with Crippen molar-refractivity contribution < 1.29 is 14.2 Å².